The number of carbonyl (C=O) groups is 2. The molecule has 18 nitrogen and oxygen atoms in total. The van der Waals surface area contributed by atoms with Crippen molar-refractivity contribution < 1.29 is 32.4 Å². The van der Waals surface area contributed by atoms with Crippen LogP contribution in [-0.4, -0.2) is 51.6 Å². The molecule has 22 heteroatoms. The zero-order valence-corrected chi connectivity index (χ0v) is 36.0. The van der Waals surface area contributed by atoms with Crippen molar-refractivity contribution in [2.45, 2.75) is 20.3 Å². The predicted molar refractivity (Wildman–Crippen MR) is 238 cm³/mol. The van der Waals surface area contributed by atoms with E-state index in [9.17, 15) is 32.9 Å². The summed E-state index contributed by atoms with van der Waals surface area (Å²) < 4.78 is 39.6. The van der Waals surface area contributed by atoms with Crippen molar-refractivity contribution in [1.82, 2.24) is 9.38 Å². The van der Waals surface area contributed by atoms with E-state index in [1.54, 1.807) is 79.7 Å². The normalized spacial score (nSPS) is 11.9. The number of thiophene rings is 1. The molecular formula is C41H31Cl2N11O7S2. The molecule has 0 aliphatic heterocycles. The van der Waals surface area contributed by atoms with Crippen LogP contribution < -0.4 is 15.8 Å². The number of imidazole rings is 1. The first-order valence-corrected chi connectivity index (χ1v) is 21.6. The largest absolute Gasteiger partial charge is 0.493 e. The number of benzene rings is 4. The number of halogens is 2. The molecule has 0 aliphatic carbocycles. The van der Waals surface area contributed by atoms with Crippen molar-refractivity contribution >= 4 is 112 Å². The quantitative estimate of drug-likeness (QED) is 0.0458. The van der Waals surface area contributed by atoms with E-state index in [2.05, 4.69) is 47.1 Å². The van der Waals surface area contributed by atoms with Gasteiger partial charge in [0.1, 0.15) is 33.8 Å². The molecule has 0 saturated heterocycles. The molecule has 0 aliphatic rings. The topological polar surface area (TPSA) is 271 Å². The maximum atomic E-state index is 13.2. The average molecular weight is 925 g/mol. The fraction of sp³-hybridized carbons (Fsp3) is 0.122. The third-order valence-electron chi connectivity index (χ3n) is 9.06. The lowest BCUT2D eigenvalue weighted by molar-refractivity contribution is -0.114. The molecule has 0 saturated carbocycles. The summed E-state index contributed by atoms with van der Waals surface area (Å²) in [6.45, 7) is 2.56. The van der Waals surface area contributed by atoms with Gasteiger partial charge in [-0.3, -0.25) is 18.5 Å². The molecule has 2 amide bonds. The zero-order chi connectivity index (χ0) is 45.0. The standard InChI is InChI=1S/C41H31Cl2N11O7S2/c1-21-27(20-44)38-47-28-9-3-4-10-32(28)54(38)41(57)36(21)51-50-31-18-29(46-22(2)55)30(19-33(31)61-15-6-16-63(58,59)60)49-53-40-35(37(45)56)34(23-7-5-8-25(43)17-23)39(62-40)52-48-26-13-11-24(42)12-14-26/h3-5,7-14,17-19,57H,6,15-16H2,1-2H3,(H2,45,56)(H,46,55)(H,58,59,60). The second-order valence-electron chi connectivity index (χ2n) is 13.5. The van der Waals surface area contributed by atoms with Gasteiger partial charge in [0, 0.05) is 34.2 Å². The molecule has 0 fully saturated rings. The summed E-state index contributed by atoms with van der Waals surface area (Å²) in [5.41, 5.74) is 8.63. The Morgan fingerprint density at radius 3 is 2.37 bits per heavy atom. The number of primary amides is 1. The molecule has 0 radical (unpaired) electrons. The minimum atomic E-state index is -4.33. The van der Waals surface area contributed by atoms with E-state index in [1.807, 2.05) is 0 Å². The Labute approximate surface area is 371 Å². The summed E-state index contributed by atoms with van der Waals surface area (Å²) in [5, 5.41) is 51.6. The molecule has 4 aromatic carbocycles. The van der Waals surface area contributed by atoms with Gasteiger partial charge < -0.3 is 20.9 Å². The number of aromatic nitrogens is 2. The number of para-hydroxylation sites is 2. The number of azo groups is 3. The SMILES string of the molecule is CC(=O)Nc1cc(N=Nc2c(C)c(C#N)c3nc4ccccc4n3c2O)c(OCCCS(=O)(=O)O)cc1N=Nc1sc(N=Nc2ccc(Cl)cc2)c(-c2cccc(Cl)c2)c1C(N)=O. The van der Waals surface area contributed by atoms with E-state index in [0.717, 1.165) is 11.3 Å². The van der Waals surface area contributed by atoms with Crippen LogP contribution >= 0.6 is 34.5 Å². The molecule has 5 N–H and O–H groups in total. The lowest BCUT2D eigenvalue weighted by Gasteiger charge is -2.13. The number of nitrogens with zero attached hydrogens (tertiary/aromatic N) is 9. The summed E-state index contributed by atoms with van der Waals surface area (Å²) in [6.07, 6.45) is -0.147. The Kier molecular flexibility index (Phi) is 12.9. The number of anilines is 1. The van der Waals surface area contributed by atoms with Gasteiger partial charge in [0.15, 0.2) is 16.3 Å². The minimum Gasteiger partial charge on any atom is -0.493 e. The van der Waals surface area contributed by atoms with E-state index in [4.69, 9.17) is 33.7 Å². The van der Waals surface area contributed by atoms with Crippen LogP contribution in [0, 0.1) is 18.3 Å². The number of ether oxygens (including phenoxy) is 1. The van der Waals surface area contributed by atoms with E-state index in [0.29, 0.717) is 32.3 Å². The van der Waals surface area contributed by atoms with Gasteiger partial charge in [0.05, 0.1) is 40.3 Å². The highest BCUT2D eigenvalue weighted by atomic mass is 35.5. The fourth-order valence-corrected chi connectivity index (χ4v) is 8.04. The third kappa shape index (κ3) is 9.83. The second-order valence-corrected chi connectivity index (χ2v) is 16.9. The average Bonchev–Trinajstić information content (AvgIpc) is 3.81. The van der Waals surface area contributed by atoms with Gasteiger partial charge in [0.2, 0.25) is 11.8 Å². The fourth-order valence-electron chi connectivity index (χ4n) is 6.27. The number of nitrogens with one attached hydrogen (secondary N) is 1. The number of hydrogen-bond donors (Lipinski definition) is 4. The van der Waals surface area contributed by atoms with Crippen molar-refractivity contribution in [2.75, 3.05) is 17.7 Å². The number of pyridine rings is 1. The molecule has 318 valence electrons. The molecule has 0 atom stereocenters. The van der Waals surface area contributed by atoms with Crippen LogP contribution in [0.2, 0.25) is 10.0 Å². The minimum absolute atomic E-state index is 0.0114. The van der Waals surface area contributed by atoms with E-state index < -0.39 is 27.7 Å². The van der Waals surface area contributed by atoms with Crippen molar-refractivity contribution in [3.8, 4) is 28.8 Å². The number of aromatic hydroxyl groups is 1. The van der Waals surface area contributed by atoms with Gasteiger partial charge in [-0.2, -0.15) is 13.7 Å². The van der Waals surface area contributed by atoms with Crippen LogP contribution in [0.1, 0.15) is 34.8 Å². The van der Waals surface area contributed by atoms with Crippen molar-refractivity contribution in [3.63, 3.8) is 0 Å². The monoisotopic (exact) mass is 923 g/mol. The van der Waals surface area contributed by atoms with Gasteiger partial charge in [-0.1, -0.05) is 58.8 Å². The first-order chi connectivity index (χ1) is 30.1. The van der Waals surface area contributed by atoms with Crippen LogP contribution in [0.3, 0.4) is 0 Å². The van der Waals surface area contributed by atoms with Crippen LogP contribution in [0.4, 0.5) is 38.4 Å². The number of nitriles is 1. The predicted octanol–water partition coefficient (Wildman–Crippen LogP) is 11.4. The number of amides is 2. The summed E-state index contributed by atoms with van der Waals surface area (Å²) in [5.74, 6) is -2.44. The van der Waals surface area contributed by atoms with Crippen LogP contribution in [0.25, 0.3) is 27.8 Å². The Bertz CT molecular complexity index is 3220. The number of nitrogens with two attached hydrogens (primary N) is 1. The molecule has 63 heavy (non-hydrogen) atoms. The van der Waals surface area contributed by atoms with Gasteiger partial charge in [0.25, 0.3) is 16.0 Å². The van der Waals surface area contributed by atoms with Crippen molar-refractivity contribution in [1.29, 1.82) is 5.26 Å². The summed E-state index contributed by atoms with van der Waals surface area (Å²) >= 11 is 13.3. The van der Waals surface area contributed by atoms with Crippen LogP contribution in [0.15, 0.2) is 116 Å². The van der Waals surface area contributed by atoms with Gasteiger partial charge in [-0.15, -0.1) is 30.7 Å². The number of carbonyl (C=O) groups excluding carboxylic acids is 2. The molecule has 3 aromatic heterocycles. The smallest absolute Gasteiger partial charge is 0.264 e. The van der Waals surface area contributed by atoms with Crippen LogP contribution in [0.5, 0.6) is 11.6 Å². The molecule has 0 bridgehead atoms. The highest BCUT2D eigenvalue weighted by Crippen LogP contribution is 2.49. The van der Waals surface area contributed by atoms with Crippen LogP contribution in [-0.2, 0) is 14.9 Å². The lowest BCUT2D eigenvalue weighted by atomic mass is 10.0. The van der Waals surface area contributed by atoms with Crippen molar-refractivity contribution in [3.05, 3.63) is 112 Å². The van der Waals surface area contributed by atoms with Crippen molar-refractivity contribution in [2.24, 2.45) is 36.4 Å². The van der Waals surface area contributed by atoms with Gasteiger partial charge in [-0.25, -0.2) is 4.98 Å². The number of rotatable bonds is 14. The van der Waals surface area contributed by atoms with E-state index in [-0.39, 0.29) is 85.3 Å². The third-order valence-corrected chi connectivity index (χ3v) is 11.3. The number of fused-ring (bicyclic) bond motifs is 3. The maximum absolute atomic E-state index is 13.2. The maximum Gasteiger partial charge on any atom is 0.264 e. The Balaban J connectivity index is 1.36. The summed E-state index contributed by atoms with van der Waals surface area (Å²) in [6, 6.07) is 25.0. The Morgan fingerprint density at radius 2 is 1.67 bits per heavy atom. The zero-order valence-electron chi connectivity index (χ0n) is 32.8. The van der Waals surface area contributed by atoms with Gasteiger partial charge in [-0.05, 0) is 73.5 Å². The molecular weight excluding hydrogens is 894 g/mol. The molecule has 7 aromatic rings. The first-order valence-electron chi connectivity index (χ1n) is 18.4. The first kappa shape index (κ1) is 43.9. The summed E-state index contributed by atoms with van der Waals surface area (Å²) in [7, 11) is -4.33. The Morgan fingerprint density at radius 1 is 0.937 bits per heavy atom. The highest BCUT2D eigenvalue weighted by Gasteiger charge is 2.25. The lowest BCUT2D eigenvalue weighted by Crippen LogP contribution is -2.11. The van der Waals surface area contributed by atoms with E-state index in [1.165, 1.54) is 23.5 Å². The number of hydrogen-bond acceptors (Lipinski definition) is 15. The van der Waals surface area contributed by atoms with Gasteiger partial charge >= 0.3 is 0 Å². The molecule has 3 heterocycles. The highest BCUT2D eigenvalue weighted by molar-refractivity contribution is 7.85. The second kappa shape index (κ2) is 18.4. The Hall–Kier alpha value is -7.15. The van der Waals surface area contributed by atoms with E-state index >= 15 is 0 Å². The molecule has 0 unspecified atom stereocenters. The molecule has 0 spiro atoms. The summed E-state index contributed by atoms with van der Waals surface area (Å²) in [4.78, 5) is 30.2. The molecule has 7 rings (SSSR count).